The van der Waals surface area contributed by atoms with Crippen LogP contribution in [0.25, 0.3) is 0 Å². The molecule has 4 rings (SSSR count). The topological polar surface area (TPSA) is 95.3 Å². The first kappa shape index (κ1) is 26.2. The average molecular weight is 529 g/mol. The molecular weight excluding hydrogens is 496 g/mol. The molecule has 1 amide bonds. The number of benzene rings is 1. The number of ether oxygens (including phenoxy) is 2. The van der Waals surface area contributed by atoms with E-state index in [1.165, 1.54) is 47.1 Å². The Balaban J connectivity index is 1.37. The molecule has 0 unspecified atom stereocenters. The lowest BCUT2D eigenvalue weighted by atomic mass is 9.96. The van der Waals surface area contributed by atoms with Crippen LogP contribution < -0.4 is 10.1 Å². The van der Waals surface area contributed by atoms with Crippen molar-refractivity contribution in [1.82, 2.24) is 14.8 Å². The Labute approximate surface area is 219 Å². The van der Waals surface area contributed by atoms with E-state index in [1.807, 2.05) is 35.9 Å². The fourth-order valence-corrected chi connectivity index (χ4v) is 6.21. The molecule has 0 bridgehead atoms. The molecule has 1 aromatic carbocycles. The SMILES string of the molecule is CCc1ccc(OCc2nnc(SCC(=O)Nc3sc4c(c3C(=O)OC)CCCCCC4)n2C)cc1. The number of thioether (sulfide) groups is 1. The van der Waals surface area contributed by atoms with E-state index >= 15 is 0 Å². The molecule has 0 saturated carbocycles. The standard InChI is InChI=1S/C26H32N4O4S2/c1-4-17-11-13-18(14-12-17)34-15-21-28-29-26(30(21)2)35-16-22(31)27-24-23(25(32)33-3)19-9-7-5-6-8-10-20(19)36-24/h11-14H,4-10,15-16H2,1-3H3,(H,27,31). The van der Waals surface area contributed by atoms with E-state index in [0.29, 0.717) is 21.5 Å². The summed E-state index contributed by atoms with van der Waals surface area (Å²) in [5, 5.41) is 12.6. The average Bonchev–Trinajstić information content (AvgIpc) is 3.39. The number of carbonyl (C=O) groups is 2. The summed E-state index contributed by atoms with van der Waals surface area (Å²) < 4.78 is 12.7. The highest BCUT2D eigenvalue weighted by Gasteiger charge is 2.26. The van der Waals surface area contributed by atoms with Crippen LogP contribution >= 0.6 is 23.1 Å². The van der Waals surface area contributed by atoms with Gasteiger partial charge in [0.05, 0.1) is 18.4 Å². The third kappa shape index (κ3) is 6.28. The summed E-state index contributed by atoms with van der Waals surface area (Å²) >= 11 is 2.79. The molecule has 192 valence electrons. The van der Waals surface area contributed by atoms with Gasteiger partial charge in [0.25, 0.3) is 0 Å². The summed E-state index contributed by atoms with van der Waals surface area (Å²) in [6.07, 6.45) is 7.24. The maximum atomic E-state index is 12.8. The number of nitrogens with zero attached hydrogens (tertiary/aromatic N) is 3. The zero-order chi connectivity index (χ0) is 25.5. The predicted molar refractivity (Wildman–Crippen MR) is 142 cm³/mol. The monoisotopic (exact) mass is 528 g/mol. The summed E-state index contributed by atoms with van der Waals surface area (Å²) in [4.78, 5) is 26.6. The molecule has 2 aromatic heterocycles. The van der Waals surface area contributed by atoms with Gasteiger partial charge in [-0.3, -0.25) is 4.79 Å². The maximum Gasteiger partial charge on any atom is 0.341 e. The molecule has 0 atom stereocenters. The first-order valence-corrected chi connectivity index (χ1v) is 14.1. The van der Waals surface area contributed by atoms with Gasteiger partial charge in [0.15, 0.2) is 11.0 Å². The van der Waals surface area contributed by atoms with E-state index in [9.17, 15) is 9.59 Å². The van der Waals surface area contributed by atoms with Crippen LogP contribution in [0.5, 0.6) is 5.75 Å². The van der Waals surface area contributed by atoms with Gasteiger partial charge in [-0.15, -0.1) is 21.5 Å². The van der Waals surface area contributed by atoms with Crippen molar-refractivity contribution in [3.8, 4) is 5.75 Å². The molecule has 1 aliphatic rings. The zero-order valence-electron chi connectivity index (χ0n) is 21.0. The number of aryl methyl sites for hydroxylation is 2. The summed E-state index contributed by atoms with van der Waals surface area (Å²) in [6.45, 7) is 2.40. The highest BCUT2D eigenvalue weighted by atomic mass is 32.2. The number of rotatable bonds is 9. The van der Waals surface area contributed by atoms with Crippen molar-refractivity contribution in [2.75, 3.05) is 18.2 Å². The van der Waals surface area contributed by atoms with E-state index in [0.717, 1.165) is 49.8 Å². The van der Waals surface area contributed by atoms with Crippen LogP contribution in [0.1, 0.15) is 64.8 Å². The van der Waals surface area contributed by atoms with Gasteiger partial charge in [0, 0.05) is 11.9 Å². The largest absolute Gasteiger partial charge is 0.486 e. The van der Waals surface area contributed by atoms with Crippen molar-refractivity contribution >= 4 is 40.0 Å². The minimum absolute atomic E-state index is 0.147. The Morgan fingerprint density at radius 3 is 2.58 bits per heavy atom. The van der Waals surface area contributed by atoms with Gasteiger partial charge in [-0.2, -0.15) is 0 Å². The highest BCUT2D eigenvalue weighted by molar-refractivity contribution is 7.99. The van der Waals surface area contributed by atoms with Crippen molar-refractivity contribution < 1.29 is 19.1 Å². The molecular formula is C26H32N4O4S2. The molecule has 1 aliphatic carbocycles. The number of anilines is 1. The number of thiophene rings is 1. The Hall–Kier alpha value is -2.85. The molecule has 10 heteroatoms. The minimum atomic E-state index is -0.390. The number of amides is 1. The van der Waals surface area contributed by atoms with Crippen LogP contribution in [0.4, 0.5) is 5.00 Å². The summed E-state index contributed by atoms with van der Waals surface area (Å²) in [5.41, 5.74) is 2.81. The van der Waals surface area contributed by atoms with Crippen LogP contribution in [0.3, 0.4) is 0 Å². The second kappa shape index (κ2) is 12.4. The third-order valence-corrected chi connectivity index (χ3v) is 8.50. The summed E-state index contributed by atoms with van der Waals surface area (Å²) in [7, 11) is 3.24. The smallest absolute Gasteiger partial charge is 0.341 e. The summed E-state index contributed by atoms with van der Waals surface area (Å²) in [6, 6.07) is 7.99. The molecule has 0 spiro atoms. The van der Waals surface area contributed by atoms with Crippen molar-refractivity contribution in [2.45, 2.75) is 63.6 Å². The second-order valence-electron chi connectivity index (χ2n) is 8.69. The first-order valence-electron chi connectivity index (χ1n) is 12.3. The molecule has 3 aromatic rings. The molecule has 0 radical (unpaired) electrons. The number of hydrogen-bond acceptors (Lipinski definition) is 8. The minimum Gasteiger partial charge on any atom is -0.486 e. The van der Waals surface area contributed by atoms with Gasteiger partial charge in [0.1, 0.15) is 17.4 Å². The van der Waals surface area contributed by atoms with E-state index < -0.39 is 5.97 Å². The number of hydrogen-bond donors (Lipinski definition) is 1. The van der Waals surface area contributed by atoms with Gasteiger partial charge in [-0.25, -0.2) is 4.79 Å². The molecule has 0 fully saturated rings. The van der Waals surface area contributed by atoms with Gasteiger partial charge in [-0.05, 0) is 55.4 Å². The zero-order valence-corrected chi connectivity index (χ0v) is 22.6. The lowest BCUT2D eigenvalue weighted by Crippen LogP contribution is -2.16. The van der Waals surface area contributed by atoms with Crippen molar-refractivity contribution in [2.24, 2.45) is 7.05 Å². The second-order valence-corrected chi connectivity index (χ2v) is 10.7. The molecule has 8 nitrogen and oxygen atoms in total. The Bertz CT molecular complexity index is 1200. The molecule has 1 N–H and O–H groups in total. The fourth-order valence-electron chi connectivity index (χ4n) is 4.18. The molecule has 0 saturated heterocycles. The van der Waals surface area contributed by atoms with Gasteiger partial charge < -0.3 is 19.4 Å². The number of aromatic nitrogens is 3. The number of fused-ring (bicyclic) bond motifs is 1. The van der Waals surface area contributed by atoms with Crippen molar-refractivity contribution in [3.63, 3.8) is 0 Å². The maximum absolute atomic E-state index is 12.8. The predicted octanol–water partition coefficient (Wildman–Crippen LogP) is 5.19. The Kier molecular flexibility index (Phi) is 9.03. The van der Waals surface area contributed by atoms with Crippen molar-refractivity contribution in [3.05, 3.63) is 51.7 Å². The van der Waals surface area contributed by atoms with Crippen LogP contribution in [0.15, 0.2) is 29.4 Å². The number of carbonyl (C=O) groups excluding carboxylic acids is 2. The third-order valence-electron chi connectivity index (χ3n) is 6.27. The summed E-state index contributed by atoms with van der Waals surface area (Å²) in [5.74, 6) is 1.00. The van der Waals surface area contributed by atoms with E-state index in [1.54, 1.807) is 0 Å². The van der Waals surface area contributed by atoms with Crippen LogP contribution in [-0.2, 0) is 42.4 Å². The quantitative estimate of drug-likeness (QED) is 0.301. The highest BCUT2D eigenvalue weighted by Crippen LogP contribution is 2.37. The molecule has 0 aliphatic heterocycles. The Morgan fingerprint density at radius 1 is 1.11 bits per heavy atom. The van der Waals surface area contributed by atoms with Gasteiger partial charge in [0.2, 0.25) is 5.91 Å². The van der Waals surface area contributed by atoms with Crippen molar-refractivity contribution in [1.29, 1.82) is 0 Å². The fraction of sp³-hybridized carbons (Fsp3) is 0.462. The first-order chi connectivity index (χ1) is 17.5. The van der Waals surface area contributed by atoms with Gasteiger partial charge in [-0.1, -0.05) is 43.7 Å². The lowest BCUT2D eigenvalue weighted by molar-refractivity contribution is -0.113. The van der Waals surface area contributed by atoms with Gasteiger partial charge >= 0.3 is 5.97 Å². The molecule has 2 heterocycles. The number of nitrogens with one attached hydrogen (secondary N) is 1. The number of esters is 1. The van der Waals surface area contributed by atoms with E-state index in [4.69, 9.17) is 9.47 Å². The van der Waals surface area contributed by atoms with Crippen LogP contribution in [0, 0.1) is 0 Å². The van der Waals surface area contributed by atoms with Crippen LogP contribution in [-0.4, -0.2) is 39.5 Å². The van der Waals surface area contributed by atoms with E-state index in [2.05, 4.69) is 22.4 Å². The number of methoxy groups -OCH3 is 1. The van der Waals surface area contributed by atoms with E-state index in [-0.39, 0.29) is 18.3 Å². The lowest BCUT2D eigenvalue weighted by Gasteiger charge is -2.11. The Morgan fingerprint density at radius 2 is 1.86 bits per heavy atom. The normalized spacial score (nSPS) is 13.4. The molecule has 36 heavy (non-hydrogen) atoms. The van der Waals surface area contributed by atoms with Crippen LogP contribution in [0.2, 0.25) is 0 Å².